The van der Waals surface area contributed by atoms with Crippen molar-refractivity contribution < 1.29 is 9.13 Å². The summed E-state index contributed by atoms with van der Waals surface area (Å²) in [6, 6.07) is 14.4. The fourth-order valence-corrected chi connectivity index (χ4v) is 2.16. The van der Waals surface area contributed by atoms with Crippen molar-refractivity contribution in [2.45, 2.75) is 31.4 Å². The van der Waals surface area contributed by atoms with Gasteiger partial charge in [-0.05, 0) is 54.7 Å². The van der Waals surface area contributed by atoms with Gasteiger partial charge in [-0.25, -0.2) is 4.39 Å². The molecule has 0 spiro atoms. The molecule has 1 atom stereocenters. The zero-order chi connectivity index (χ0) is 13.9. The molecule has 0 aliphatic heterocycles. The second kappa shape index (κ2) is 5.63. The maximum atomic E-state index is 12.9. The van der Waals surface area contributed by atoms with Crippen molar-refractivity contribution in [1.29, 1.82) is 0 Å². The van der Waals surface area contributed by atoms with Crippen molar-refractivity contribution in [3.8, 4) is 5.75 Å². The molecule has 0 bridgehead atoms. The Balaban J connectivity index is 1.63. The van der Waals surface area contributed by atoms with Crippen LogP contribution in [0.1, 0.15) is 30.0 Å². The minimum Gasteiger partial charge on any atom is -0.490 e. The Hall–Kier alpha value is -1.87. The predicted octanol–water partition coefficient (Wildman–Crippen LogP) is 3.61. The second-order valence-corrected chi connectivity index (χ2v) is 5.32. The predicted molar refractivity (Wildman–Crippen MR) is 77.1 cm³/mol. The van der Waals surface area contributed by atoms with Crippen molar-refractivity contribution in [3.63, 3.8) is 0 Å². The molecular weight excluding hydrogens is 253 g/mol. The largest absolute Gasteiger partial charge is 0.490 e. The molecule has 2 N–H and O–H groups in total. The van der Waals surface area contributed by atoms with E-state index in [9.17, 15) is 4.39 Å². The van der Waals surface area contributed by atoms with Gasteiger partial charge in [0.1, 0.15) is 11.6 Å². The first-order valence-corrected chi connectivity index (χ1v) is 6.97. The summed E-state index contributed by atoms with van der Waals surface area (Å²) in [7, 11) is 0. The van der Waals surface area contributed by atoms with Gasteiger partial charge >= 0.3 is 0 Å². The van der Waals surface area contributed by atoms with E-state index in [-0.39, 0.29) is 11.9 Å². The summed E-state index contributed by atoms with van der Waals surface area (Å²) >= 11 is 0. The number of nitrogens with two attached hydrogens (primary N) is 1. The molecular formula is C17H18FNO. The van der Waals surface area contributed by atoms with Gasteiger partial charge in [0.05, 0.1) is 6.10 Å². The summed E-state index contributed by atoms with van der Waals surface area (Å²) < 4.78 is 18.6. The Labute approximate surface area is 118 Å². The van der Waals surface area contributed by atoms with E-state index in [0.717, 1.165) is 29.7 Å². The monoisotopic (exact) mass is 271 g/mol. The standard InChI is InChI=1S/C17H18FNO/c18-14-5-1-12(2-6-14)11-17(19)13-3-7-15(8-4-13)20-16-9-10-16/h1-8,16-17H,9-11,19H2. The van der Waals surface area contributed by atoms with Crippen LogP contribution in [0.25, 0.3) is 0 Å². The van der Waals surface area contributed by atoms with Gasteiger partial charge in [-0.3, -0.25) is 0 Å². The summed E-state index contributed by atoms with van der Waals surface area (Å²) in [5, 5.41) is 0. The molecule has 1 aliphatic rings. The highest BCUT2D eigenvalue weighted by Gasteiger charge is 2.23. The molecule has 0 saturated heterocycles. The third-order valence-electron chi connectivity index (χ3n) is 3.50. The van der Waals surface area contributed by atoms with Gasteiger partial charge < -0.3 is 10.5 Å². The van der Waals surface area contributed by atoms with Crippen LogP contribution < -0.4 is 10.5 Å². The third kappa shape index (κ3) is 3.36. The van der Waals surface area contributed by atoms with Gasteiger partial charge in [-0.2, -0.15) is 0 Å². The van der Waals surface area contributed by atoms with Crippen molar-refractivity contribution >= 4 is 0 Å². The van der Waals surface area contributed by atoms with E-state index in [1.807, 2.05) is 24.3 Å². The molecule has 0 aromatic heterocycles. The molecule has 2 nitrogen and oxygen atoms in total. The van der Waals surface area contributed by atoms with E-state index in [1.165, 1.54) is 12.1 Å². The number of ether oxygens (including phenoxy) is 1. The molecule has 2 aromatic carbocycles. The summed E-state index contributed by atoms with van der Waals surface area (Å²) in [6.07, 6.45) is 3.43. The lowest BCUT2D eigenvalue weighted by Crippen LogP contribution is -2.13. The summed E-state index contributed by atoms with van der Waals surface area (Å²) in [6.45, 7) is 0. The maximum absolute atomic E-state index is 12.9. The quantitative estimate of drug-likeness (QED) is 0.901. The average molecular weight is 271 g/mol. The van der Waals surface area contributed by atoms with Crippen LogP contribution in [0.2, 0.25) is 0 Å². The van der Waals surface area contributed by atoms with E-state index in [1.54, 1.807) is 12.1 Å². The van der Waals surface area contributed by atoms with Gasteiger partial charge in [-0.1, -0.05) is 24.3 Å². The highest BCUT2D eigenvalue weighted by molar-refractivity contribution is 5.30. The Kier molecular flexibility index (Phi) is 3.70. The van der Waals surface area contributed by atoms with Crippen LogP contribution in [-0.2, 0) is 6.42 Å². The number of hydrogen-bond acceptors (Lipinski definition) is 2. The highest BCUT2D eigenvalue weighted by atomic mass is 19.1. The van der Waals surface area contributed by atoms with Crippen molar-refractivity contribution in [2.75, 3.05) is 0 Å². The Morgan fingerprint density at radius 3 is 2.30 bits per heavy atom. The topological polar surface area (TPSA) is 35.2 Å². The Morgan fingerprint density at radius 1 is 1.05 bits per heavy atom. The minimum absolute atomic E-state index is 0.0876. The lowest BCUT2D eigenvalue weighted by molar-refractivity contribution is 0.303. The van der Waals surface area contributed by atoms with Crippen LogP contribution in [0.15, 0.2) is 48.5 Å². The molecule has 1 unspecified atom stereocenters. The summed E-state index contributed by atoms with van der Waals surface area (Å²) in [5.41, 5.74) is 8.30. The lowest BCUT2D eigenvalue weighted by Gasteiger charge is -2.13. The molecule has 0 radical (unpaired) electrons. The van der Waals surface area contributed by atoms with Crippen LogP contribution in [0.5, 0.6) is 5.75 Å². The Bertz CT molecular complexity index is 561. The van der Waals surface area contributed by atoms with Crippen LogP contribution in [0, 0.1) is 5.82 Å². The van der Waals surface area contributed by atoms with E-state index in [4.69, 9.17) is 10.5 Å². The molecule has 3 rings (SSSR count). The van der Waals surface area contributed by atoms with Gasteiger partial charge in [0.2, 0.25) is 0 Å². The molecule has 0 amide bonds. The average Bonchev–Trinajstić information content (AvgIpc) is 3.26. The van der Waals surface area contributed by atoms with Gasteiger partial charge in [0.15, 0.2) is 0 Å². The molecule has 20 heavy (non-hydrogen) atoms. The first-order chi connectivity index (χ1) is 9.70. The highest BCUT2D eigenvalue weighted by Crippen LogP contribution is 2.27. The lowest BCUT2D eigenvalue weighted by atomic mass is 10.00. The molecule has 0 heterocycles. The summed E-state index contributed by atoms with van der Waals surface area (Å²) in [4.78, 5) is 0. The van der Waals surface area contributed by atoms with Gasteiger partial charge in [0.25, 0.3) is 0 Å². The zero-order valence-corrected chi connectivity index (χ0v) is 11.3. The third-order valence-corrected chi connectivity index (χ3v) is 3.50. The molecule has 2 aromatic rings. The van der Waals surface area contributed by atoms with Gasteiger partial charge in [0, 0.05) is 6.04 Å². The fourth-order valence-electron chi connectivity index (χ4n) is 2.16. The minimum atomic E-state index is -0.219. The van der Waals surface area contributed by atoms with Crippen LogP contribution in [0.3, 0.4) is 0 Å². The first-order valence-electron chi connectivity index (χ1n) is 6.97. The second-order valence-electron chi connectivity index (χ2n) is 5.32. The van der Waals surface area contributed by atoms with E-state index in [0.29, 0.717) is 12.5 Å². The smallest absolute Gasteiger partial charge is 0.123 e. The fraction of sp³-hybridized carbons (Fsp3) is 0.294. The molecule has 3 heteroatoms. The van der Waals surface area contributed by atoms with E-state index in [2.05, 4.69) is 0 Å². The molecule has 1 fully saturated rings. The molecule has 104 valence electrons. The maximum Gasteiger partial charge on any atom is 0.123 e. The number of benzene rings is 2. The van der Waals surface area contributed by atoms with E-state index < -0.39 is 0 Å². The van der Waals surface area contributed by atoms with Crippen LogP contribution in [-0.4, -0.2) is 6.10 Å². The molecule has 1 aliphatic carbocycles. The Morgan fingerprint density at radius 2 is 1.70 bits per heavy atom. The number of rotatable bonds is 5. The van der Waals surface area contributed by atoms with Crippen LogP contribution in [0.4, 0.5) is 4.39 Å². The van der Waals surface area contributed by atoms with Gasteiger partial charge in [-0.15, -0.1) is 0 Å². The normalized spacial score (nSPS) is 15.9. The zero-order valence-electron chi connectivity index (χ0n) is 11.3. The van der Waals surface area contributed by atoms with Crippen molar-refractivity contribution in [1.82, 2.24) is 0 Å². The summed E-state index contributed by atoms with van der Waals surface area (Å²) in [5.74, 6) is 0.689. The van der Waals surface area contributed by atoms with Crippen molar-refractivity contribution in [3.05, 3.63) is 65.5 Å². The van der Waals surface area contributed by atoms with Crippen molar-refractivity contribution in [2.24, 2.45) is 5.73 Å². The molecule has 1 saturated carbocycles. The number of halogens is 1. The first kappa shape index (κ1) is 13.1. The number of hydrogen-bond donors (Lipinski definition) is 1. The SMILES string of the molecule is NC(Cc1ccc(F)cc1)c1ccc(OC2CC2)cc1. The van der Waals surface area contributed by atoms with Crippen LogP contribution >= 0.6 is 0 Å². The van der Waals surface area contributed by atoms with E-state index >= 15 is 0 Å².